The van der Waals surface area contributed by atoms with Gasteiger partial charge < -0.3 is 14.9 Å². The molecule has 2 N–H and O–H groups in total. The maximum absolute atomic E-state index is 11.9. The summed E-state index contributed by atoms with van der Waals surface area (Å²) >= 11 is 0. The molecule has 0 fully saturated rings. The molecule has 1 aromatic rings. The number of para-hydroxylation sites is 2. The molecule has 1 aliphatic rings. The van der Waals surface area contributed by atoms with Crippen LogP contribution in [0.25, 0.3) is 0 Å². The van der Waals surface area contributed by atoms with E-state index in [1.54, 1.807) is 6.07 Å². The number of benzene rings is 1. The number of hydrazine groups is 1. The zero-order valence-electron chi connectivity index (χ0n) is 11.1. The zero-order chi connectivity index (χ0) is 13.7. The number of fused-ring (bicyclic) bond motifs is 1. The highest BCUT2D eigenvalue weighted by atomic mass is 16.6. The summed E-state index contributed by atoms with van der Waals surface area (Å²) in [5.74, 6) is 1.01. The molecule has 5 heteroatoms. The van der Waals surface area contributed by atoms with Crippen molar-refractivity contribution in [1.29, 1.82) is 0 Å². The normalized spacial score (nSPS) is 17.8. The highest BCUT2D eigenvalue weighted by Crippen LogP contribution is 2.30. The van der Waals surface area contributed by atoms with Crippen molar-refractivity contribution in [2.75, 3.05) is 6.61 Å². The summed E-state index contributed by atoms with van der Waals surface area (Å²) in [7, 11) is 0. The smallest absolute Gasteiger partial charge is 0.282 e. The zero-order valence-corrected chi connectivity index (χ0v) is 11.1. The Labute approximate surface area is 112 Å². The number of hydrogen-bond donors (Lipinski definition) is 2. The largest absolute Gasteiger partial charge is 0.485 e. The van der Waals surface area contributed by atoms with Gasteiger partial charge >= 0.3 is 0 Å². The Morgan fingerprint density at radius 2 is 2.11 bits per heavy atom. The number of carbonyl (C=O) groups is 1. The molecule has 0 aromatic heterocycles. The minimum atomic E-state index is -0.641. The van der Waals surface area contributed by atoms with Crippen LogP contribution in [0, 0.1) is 0 Å². The summed E-state index contributed by atoms with van der Waals surface area (Å²) in [6, 6.07) is 7.31. The predicted molar refractivity (Wildman–Crippen MR) is 71.7 cm³/mol. The van der Waals surface area contributed by atoms with E-state index >= 15 is 0 Å². The van der Waals surface area contributed by atoms with E-state index in [1.165, 1.54) is 0 Å². The SMILES string of the molecule is C/C=C(/CC)NNC(=O)[C@@H]1COc2ccccc2O1. The molecule has 0 spiro atoms. The molecule has 0 bridgehead atoms. The minimum absolute atomic E-state index is 0.210. The van der Waals surface area contributed by atoms with Gasteiger partial charge in [-0.05, 0) is 25.5 Å². The lowest BCUT2D eigenvalue weighted by Gasteiger charge is -2.25. The molecular formula is C14H18N2O3. The second kappa shape index (κ2) is 6.13. The Bertz CT molecular complexity index is 485. The van der Waals surface area contributed by atoms with E-state index in [2.05, 4.69) is 10.9 Å². The minimum Gasteiger partial charge on any atom is -0.485 e. The van der Waals surface area contributed by atoms with Crippen molar-refractivity contribution in [3.63, 3.8) is 0 Å². The summed E-state index contributed by atoms with van der Waals surface area (Å²) in [5, 5.41) is 0. The van der Waals surface area contributed by atoms with Crippen molar-refractivity contribution in [2.45, 2.75) is 26.4 Å². The molecule has 102 valence electrons. The first-order valence-electron chi connectivity index (χ1n) is 6.34. The first kappa shape index (κ1) is 13.3. The summed E-state index contributed by atoms with van der Waals surface area (Å²) in [5.41, 5.74) is 6.44. The molecule has 19 heavy (non-hydrogen) atoms. The fraction of sp³-hybridized carbons (Fsp3) is 0.357. The molecular weight excluding hydrogens is 244 g/mol. The Kier molecular flexibility index (Phi) is 4.28. The maximum Gasteiger partial charge on any atom is 0.282 e. The lowest BCUT2D eigenvalue weighted by Crippen LogP contribution is -2.48. The van der Waals surface area contributed by atoms with Crippen LogP contribution in [0.3, 0.4) is 0 Å². The Morgan fingerprint density at radius 1 is 1.37 bits per heavy atom. The van der Waals surface area contributed by atoms with Crippen molar-refractivity contribution >= 4 is 5.91 Å². The van der Waals surface area contributed by atoms with Gasteiger partial charge in [-0.3, -0.25) is 10.2 Å². The molecule has 0 radical (unpaired) electrons. The van der Waals surface area contributed by atoms with E-state index in [0.717, 1.165) is 12.1 Å². The van der Waals surface area contributed by atoms with Crippen molar-refractivity contribution in [3.05, 3.63) is 36.0 Å². The Balaban J connectivity index is 1.92. The summed E-state index contributed by atoms with van der Waals surface area (Å²) in [6.07, 6.45) is 2.09. The molecule has 1 amide bonds. The monoisotopic (exact) mass is 262 g/mol. The fourth-order valence-electron chi connectivity index (χ4n) is 1.74. The Hall–Kier alpha value is -2.17. The molecule has 1 heterocycles. The van der Waals surface area contributed by atoms with Crippen molar-refractivity contribution < 1.29 is 14.3 Å². The van der Waals surface area contributed by atoms with Crippen molar-refractivity contribution in [1.82, 2.24) is 10.9 Å². The fourth-order valence-corrected chi connectivity index (χ4v) is 1.74. The molecule has 1 aromatic carbocycles. The van der Waals surface area contributed by atoms with E-state index in [-0.39, 0.29) is 12.5 Å². The average Bonchev–Trinajstić information content (AvgIpc) is 2.47. The van der Waals surface area contributed by atoms with Crippen LogP contribution in [0.2, 0.25) is 0 Å². The van der Waals surface area contributed by atoms with E-state index in [0.29, 0.717) is 11.5 Å². The van der Waals surface area contributed by atoms with Crippen LogP contribution >= 0.6 is 0 Å². The maximum atomic E-state index is 11.9. The average molecular weight is 262 g/mol. The van der Waals surface area contributed by atoms with Crippen LogP contribution in [0.1, 0.15) is 20.3 Å². The van der Waals surface area contributed by atoms with Gasteiger partial charge in [0, 0.05) is 5.70 Å². The number of rotatable bonds is 4. The van der Waals surface area contributed by atoms with Gasteiger partial charge in [-0.25, -0.2) is 0 Å². The van der Waals surface area contributed by atoms with Gasteiger partial charge in [-0.1, -0.05) is 25.1 Å². The van der Waals surface area contributed by atoms with Gasteiger partial charge in [-0.2, -0.15) is 0 Å². The standard InChI is InChI=1S/C14H18N2O3/c1-3-10(4-2)15-16-14(17)13-9-18-11-7-5-6-8-12(11)19-13/h3,5-8,13,15H,4,9H2,1-2H3,(H,16,17)/b10-3-/t13-/m0/s1. The highest BCUT2D eigenvalue weighted by Gasteiger charge is 2.27. The van der Waals surface area contributed by atoms with E-state index in [9.17, 15) is 4.79 Å². The summed E-state index contributed by atoms with van der Waals surface area (Å²) < 4.78 is 11.1. The number of ether oxygens (including phenoxy) is 2. The molecule has 1 aliphatic heterocycles. The van der Waals surface area contributed by atoms with E-state index < -0.39 is 6.10 Å². The van der Waals surface area contributed by atoms with Crippen LogP contribution in [-0.4, -0.2) is 18.6 Å². The number of nitrogens with one attached hydrogen (secondary N) is 2. The van der Waals surface area contributed by atoms with Gasteiger partial charge in [0.1, 0.15) is 6.61 Å². The van der Waals surface area contributed by atoms with Crippen LogP contribution in [0.4, 0.5) is 0 Å². The first-order chi connectivity index (χ1) is 9.24. The quantitative estimate of drug-likeness (QED) is 0.812. The topological polar surface area (TPSA) is 59.6 Å². The lowest BCUT2D eigenvalue weighted by molar-refractivity contribution is -0.131. The second-order valence-electron chi connectivity index (χ2n) is 4.15. The first-order valence-corrected chi connectivity index (χ1v) is 6.34. The molecule has 0 unspecified atom stereocenters. The number of hydrogen-bond acceptors (Lipinski definition) is 4. The lowest BCUT2D eigenvalue weighted by atomic mass is 10.2. The third kappa shape index (κ3) is 3.19. The third-order valence-electron chi connectivity index (χ3n) is 2.88. The van der Waals surface area contributed by atoms with E-state index in [4.69, 9.17) is 9.47 Å². The molecule has 0 saturated carbocycles. The second-order valence-corrected chi connectivity index (χ2v) is 4.15. The van der Waals surface area contributed by atoms with Crippen LogP contribution in [0.5, 0.6) is 11.5 Å². The molecule has 2 rings (SSSR count). The van der Waals surface area contributed by atoms with Crippen LogP contribution < -0.4 is 20.3 Å². The molecule has 0 aliphatic carbocycles. The van der Waals surface area contributed by atoms with Crippen molar-refractivity contribution in [3.8, 4) is 11.5 Å². The predicted octanol–water partition coefficient (Wildman–Crippen LogP) is 1.76. The highest BCUT2D eigenvalue weighted by molar-refractivity contribution is 5.81. The van der Waals surface area contributed by atoms with Crippen LogP contribution in [0.15, 0.2) is 36.0 Å². The number of carbonyl (C=O) groups excluding carboxylic acids is 1. The van der Waals surface area contributed by atoms with Gasteiger partial charge in [0.05, 0.1) is 0 Å². The summed E-state index contributed by atoms with van der Waals surface area (Å²) in [4.78, 5) is 11.9. The molecule has 0 saturated heterocycles. The van der Waals surface area contributed by atoms with Crippen molar-refractivity contribution in [2.24, 2.45) is 0 Å². The number of amides is 1. The van der Waals surface area contributed by atoms with Crippen LogP contribution in [-0.2, 0) is 4.79 Å². The van der Waals surface area contributed by atoms with Gasteiger partial charge in [0.25, 0.3) is 5.91 Å². The van der Waals surface area contributed by atoms with Gasteiger partial charge in [0.2, 0.25) is 6.10 Å². The van der Waals surface area contributed by atoms with Gasteiger partial charge in [0.15, 0.2) is 11.5 Å². The van der Waals surface area contributed by atoms with Gasteiger partial charge in [-0.15, -0.1) is 0 Å². The molecule has 5 nitrogen and oxygen atoms in total. The van der Waals surface area contributed by atoms with E-state index in [1.807, 2.05) is 38.1 Å². The Morgan fingerprint density at radius 3 is 2.79 bits per heavy atom. The summed E-state index contributed by atoms with van der Waals surface area (Å²) in [6.45, 7) is 4.13. The number of allylic oxidation sites excluding steroid dienone is 2. The third-order valence-corrected chi connectivity index (χ3v) is 2.88. The molecule has 1 atom stereocenters.